The van der Waals surface area contributed by atoms with Gasteiger partial charge in [0.2, 0.25) is 12.7 Å². The summed E-state index contributed by atoms with van der Waals surface area (Å²) in [6.45, 7) is 0.619. The van der Waals surface area contributed by atoms with Gasteiger partial charge in [-0.15, -0.1) is 0 Å². The van der Waals surface area contributed by atoms with E-state index in [1.54, 1.807) is 6.07 Å². The summed E-state index contributed by atoms with van der Waals surface area (Å²) in [4.78, 5) is 0. The summed E-state index contributed by atoms with van der Waals surface area (Å²) in [5.74, 6) is 2.24. The van der Waals surface area contributed by atoms with Crippen LogP contribution in [0, 0.1) is 11.3 Å². The lowest BCUT2D eigenvalue weighted by Crippen LogP contribution is -2.21. The van der Waals surface area contributed by atoms with Crippen LogP contribution in [-0.4, -0.2) is 6.79 Å². The fraction of sp³-hybridized carbons (Fsp3) is 0.125. The van der Waals surface area contributed by atoms with Gasteiger partial charge in [-0.2, -0.15) is 5.26 Å². The highest BCUT2D eigenvalue weighted by Crippen LogP contribution is 2.47. The van der Waals surface area contributed by atoms with Crippen molar-refractivity contribution in [3.05, 3.63) is 93.3 Å². The maximum atomic E-state index is 9.74. The molecule has 2 heterocycles. The number of hydrogen-bond acceptors (Lipinski definition) is 6. The number of nitrogens with zero attached hydrogens (tertiary/aromatic N) is 1. The number of halogens is 1. The molecule has 0 amide bonds. The summed E-state index contributed by atoms with van der Waals surface area (Å²) < 4.78 is 23.6. The average Bonchev–Trinajstić information content (AvgIpc) is 3.24. The molecule has 2 aliphatic rings. The van der Waals surface area contributed by atoms with Gasteiger partial charge in [-0.3, -0.25) is 0 Å². The van der Waals surface area contributed by atoms with Gasteiger partial charge in [0.05, 0.1) is 5.92 Å². The van der Waals surface area contributed by atoms with E-state index in [1.165, 1.54) is 0 Å². The molecule has 154 valence electrons. The zero-order valence-electron chi connectivity index (χ0n) is 16.3. The van der Waals surface area contributed by atoms with Gasteiger partial charge in [0.25, 0.3) is 0 Å². The third-order valence-corrected chi connectivity index (χ3v) is 5.77. The first-order chi connectivity index (χ1) is 15.1. The van der Waals surface area contributed by atoms with Crippen molar-refractivity contribution >= 4 is 15.9 Å². The van der Waals surface area contributed by atoms with Crippen LogP contribution in [0.15, 0.2) is 76.6 Å². The van der Waals surface area contributed by atoms with Crippen molar-refractivity contribution in [2.45, 2.75) is 12.5 Å². The van der Waals surface area contributed by atoms with E-state index in [1.807, 2.05) is 54.6 Å². The van der Waals surface area contributed by atoms with Crippen molar-refractivity contribution < 1.29 is 18.9 Å². The molecular formula is C24H17BrN2O4. The van der Waals surface area contributed by atoms with Crippen LogP contribution < -0.4 is 24.7 Å². The van der Waals surface area contributed by atoms with Crippen LogP contribution in [0.2, 0.25) is 0 Å². The topological polar surface area (TPSA) is 86.7 Å². The van der Waals surface area contributed by atoms with Crippen molar-refractivity contribution in [1.82, 2.24) is 0 Å². The normalized spacial score (nSPS) is 16.3. The number of nitrogens with two attached hydrogens (primary N) is 1. The van der Waals surface area contributed by atoms with Crippen molar-refractivity contribution in [3.8, 4) is 29.1 Å². The SMILES string of the molecule is N#CC1=C(N)Oc2cc3c(cc2[C@@H]1c1ccc(OCc2ccc(Br)cc2)cc1)OCO3. The lowest BCUT2D eigenvalue weighted by Gasteiger charge is -2.26. The smallest absolute Gasteiger partial charge is 0.231 e. The number of allylic oxidation sites excluding steroid dienone is 1. The van der Waals surface area contributed by atoms with Crippen LogP contribution in [0.1, 0.15) is 22.6 Å². The Bertz CT molecular complexity index is 1210. The monoisotopic (exact) mass is 476 g/mol. The van der Waals surface area contributed by atoms with E-state index >= 15 is 0 Å². The molecule has 0 fully saturated rings. The van der Waals surface area contributed by atoms with Crippen LogP contribution in [0.25, 0.3) is 0 Å². The summed E-state index contributed by atoms with van der Waals surface area (Å²) in [7, 11) is 0. The Morgan fingerprint density at radius 3 is 2.42 bits per heavy atom. The van der Waals surface area contributed by atoms with Crippen LogP contribution in [0.5, 0.6) is 23.0 Å². The summed E-state index contributed by atoms with van der Waals surface area (Å²) in [5.41, 5.74) is 9.20. The molecule has 0 aromatic heterocycles. The van der Waals surface area contributed by atoms with Crippen molar-refractivity contribution in [2.75, 3.05) is 6.79 Å². The molecule has 6 nitrogen and oxygen atoms in total. The number of benzene rings is 3. The largest absolute Gasteiger partial charge is 0.489 e. The Kier molecular flexibility index (Phi) is 4.92. The second-order valence-corrected chi connectivity index (χ2v) is 8.07. The molecule has 3 aromatic rings. The van der Waals surface area contributed by atoms with Gasteiger partial charge in [-0.05, 0) is 41.5 Å². The van der Waals surface area contributed by atoms with Crippen LogP contribution in [-0.2, 0) is 6.61 Å². The predicted octanol–water partition coefficient (Wildman–Crippen LogP) is 4.97. The molecule has 0 aliphatic carbocycles. The Hall–Kier alpha value is -3.63. The molecule has 7 heteroatoms. The molecule has 1 atom stereocenters. The highest BCUT2D eigenvalue weighted by atomic mass is 79.9. The number of fused-ring (bicyclic) bond motifs is 2. The van der Waals surface area contributed by atoms with Gasteiger partial charge in [-0.25, -0.2) is 0 Å². The first kappa shape index (κ1) is 19.3. The van der Waals surface area contributed by atoms with Crippen molar-refractivity contribution in [2.24, 2.45) is 5.73 Å². The van der Waals surface area contributed by atoms with Crippen molar-refractivity contribution in [3.63, 3.8) is 0 Å². The second kappa shape index (κ2) is 7.89. The molecule has 0 unspecified atom stereocenters. The minimum Gasteiger partial charge on any atom is -0.489 e. The summed E-state index contributed by atoms with van der Waals surface area (Å²) in [6, 6.07) is 21.4. The van der Waals surface area contributed by atoms with E-state index in [0.29, 0.717) is 29.4 Å². The van der Waals surface area contributed by atoms with Gasteiger partial charge in [-0.1, -0.05) is 40.2 Å². The Balaban J connectivity index is 1.43. The maximum Gasteiger partial charge on any atom is 0.231 e. The molecule has 0 bridgehead atoms. The molecule has 2 N–H and O–H groups in total. The average molecular weight is 477 g/mol. The molecule has 31 heavy (non-hydrogen) atoms. The van der Waals surface area contributed by atoms with Gasteiger partial charge in [0.15, 0.2) is 11.5 Å². The molecular weight excluding hydrogens is 460 g/mol. The Morgan fingerprint density at radius 1 is 1.00 bits per heavy atom. The molecule has 0 saturated heterocycles. The quantitative estimate of drug-likeness (QED) is 0.571. The highest BCUT2D eigenvalue weighted by molar-refractivity contribution is 9.10. The van der Waals surface area contributed by atoms with E-state index in [0.717, 1.165) is 26.9 Å². The third-order valence-electron chi connectivity index (χ3n) is 5.24. The molecule has 0 radical (unpaired) electrons. The fourth-order valence-corrected chi connectivity index (χ4v) is 3.96. The Labute approximate surface area is 187 Å². The maximum absolute atomic E-state index is 9.74. The van der Waals surface area contributed by atoms with Crippen LogP contribution >= 0.6 is 15.9 Å². The second-order valence-electron chi connectivity index (χ2n) is 7.15. The van der Waals surface area contributed by atoms with Crippen molar-refractivity contribution in [1.29, 1.82) is 5.26 Å². The van der Waals surface area contributed by atoms with Gasteiger partial charge >= 0.3 is 0 Å². The number of rotatable bonds is 4. The third kappa shape index (κ3) is 3.66. The molecule has 0 spiro atoms. The zero-order chi connectivity index (χ0) is 21.4. The lowest BCUT2D eigenvalue weighted by atomic mass is 9.83. The molecule has 2 aliphatic heterocycles. The van der Waals surface area contributed by atoms with Crippen LogP contribution in [0.3, 0.4) is 0 Å². The van der Waals surface area contributed by atoms with E-state index in [9.17, 15) is 5.26 Å². The van der Waals surface area contributed by atoms with E-state index in [-0.39, 0.29) is 18.6 Å². The molecule has 0 saturated carbocycles. The summed E-state index contributed by atoms with van der Waals surface area (Å²) in [5, 5.41) is 9.74. The zero-order valence-corrected chi connectivity index (χ0v) is 17.9. The van der Waals surface area contributed by atoms with E-state index in [4.69, 9.17) is 24.7 Å². The lowest BCUT2D eigenvalue weighted by molar-refractivity contribution is 0.174. The Morgan fingerprint density at radius 2 is 1.71 bits per heavy atom. The van der Waals surface area contributed by atoms with Gasteiger partial charge in [0.1, 0.15) is 29.7 Å². The standard InChI is InChI=1S/C24H17BrN2O4/c25-16-5-1-14(2-6-16)12-28-17-7-3-15(4-8-17)23-18-9-21-22(30-13-29-21)10-20(18)31-24(27)19(23)11-26/h1-10,23H,12-13,27H2/t23-/m0/s1. The number of hydrogen-bond donors (Lipinski definition) is 1. The molecule has 5 rings (SSSR count). The fourth-order valence-electron chi connectivity index (χ4n) is 3.69. The van der Waals surface area contributed by atoms with E-state index < -0.39 is 0 Å². The summed E-state index contributed by atoms with van der Waals surface area (Å²) in [6.07, 6.45) is 0. The van der Waals surface area contributed by atoms with Gasteiger partial charge in [0, 0.05) is 16.1 Å². The summed E-state index contributed by atoms with van der Waals surface area (Å²) >= 11 is 3.43. The minimum atomic E-state index is -0.372. The minimum absolute atomic E-state index is 0.0921. The van der Waals surface area contributed by atoms with E-state index in [2.05, 4.69) is 22.0 Å². The predicted molar refractivity (Wildman–Crippen MR) is 117 cm³/mol. The van der Waals surface area contributed by atoms with Crippen LogP contribution in [0.4, 0.5) is 0 Å². The molecule has 3 aromatic carbocycles. The number of nitriles is 1. The first-order valence-electron chi connectivity index (χ1n) is 9.60. The number of ether oxygens (including phenoxy) is 4. The highest BCUT2D eigenvalue weighted by Gasteiger charge is 2.33. The van der Waals surface area contributed by atoms with Gasteiger partial charge < -0.3 is 24.7 Å². The first-order valence-corrected chi connectivity index (χ1v) is 10.4.